The summed E-state index contributed by atoms with van der Waals surface area (Å²) in [4.78, 5) is 22.3. The van der Waals surface area contributed by atoms with E-state index < -0.39 is 5.41 Å². The maximum Gasteiger partial charge on any atom is 0.251 e. The number of rotatable bonds is 4. The Hall–Kier alpha value is -4.61. The van der Waals surface area contributed by atoms with Crippen LogP contribution in [0.2, 0.25) is 0 Å². The Kier molecular flexibility index (Phi) is 5.43. The fourth-order valence-corrected chi connectivity index (χ4v) is 4.80. The first-order valence-electron chi connectivity index (χ1n) is 12.0. The number of hydrogen-bond donors (Lipinski definition) is 1. The Morgan fingerprint density at radius 2 is 2.03 bits per heavy atom. The predicted octanol–water partition coefficient (Wildman–Crippen LogP) is 4.42. The van der Waals surface area contributed by atoms with E-state index in [0.29, 0.717) is 24.5 Å². The molecule has 37 heavy (non-hydrogen) atoms. The number of aromatic nitrogens is 4. The van der Waals surface area contributed by atoms with E-state index in [-0.39, 0.29) is 12.5 Å². The summed E-state index contributed by atoms with van der Waals surface area (Å²) in [5.41, 5.74) is 5.98. The minimum atomic E-state index is -0.769. The Bertz CT molecular complexity index is 1730. The second kappa shape index (κ2) is 8.80. The van der Waals surface area contributed by atoms with Gasteiger partial charge in [0, 0.05) is 35.1 Å². The van der Waals surface area contributed by atoms with E-state index in [0.717, 1.165) is 44.2 Å². The Balaban J connectivity index is 1.22. The Morgan fingerprint density at radius 1 is 1.14 bits per heavy atom. The third kappa shape index (κ3) is 4.09. The lowest BCUT2D eigenvalue weighted by molar-refractivity contribution is 0.0757. The molecule has 0 aliphatic carbocycles. The van der Waals surface area contributed by atoms with Crippen LogP contribution < -0.4 is 5.32 Å². The lowest BCUT2D eigenvalue weighted by Crippen LogP contribution is -2.33. The molecule has 2 aromatic carbocycles. The SMILES string of the molecule is Cn1ncc2cc(-c3ccc4cnc(CNC(=O)c5ccc6c(c5)[C@](C)(C#N)COC6)cc4n3)ccc21. The van der Waals surface area contributed by atoms with Crippen LogP contribution in [0.4, 0.5) is 0 Å². The molecule has 0 saturated heterocycles. The van der Waals surface area contributed by atoms with Gasteiger partial charge in [-0.3, -0.25) is 14.5 Å². The monoisotopic (exact) mass is 488 g/mol. The minimum Gasteiger partial charge on any atom is -0.375 e. The van der Waals surface area contributed by atoms with E-state index in [9.17, 15) is 10.1 Å². The molecule has 1 aliphatic heterocycles. The van der Waals surface area contributed by atoms with E-state index in [1.165, 1.54) is 0 Å². The maximum absolute atomic E-state index is 12.9. The summed E-state index contributed by atoms with van der Waals surface area (Å²) in [7, 11) is 1.92. The van der Waals surface area contributed by atoms with Crippen LogP contribution in [-0.4, -0.2) is 32.3 Å². The van der Waals surface area contributed by atoms with Crippen LogP contribution in [0, 0.1) is 11.3 Å². The number of pyridine rings is 2. The van der Waals surface area contributed by atoms with Crippen molar-refractivity contribution in [2.45, 2.75) is 25.5 Å². The maximum atomic E-state index is 12.9. The fourth-order valence-electron chi connectivity index (χ4n) is 4.80. The van der Waals surface area contributed by atoms with Gasteiger partial charge in [0.2, 0.25) is 0 Å². The molecule has 6 rings (SSSR count). The van der Waals surface area contributed by atoms with Crippen molar-refractivity contribution < 1.29 is 9.53 Å². The molecular weight excluding hydrogens is 464 g/mol. The Labute approximate surface area is 213 Å². The number of ether oxygens (including phenoxy) is 1. The number of benzene rings is 2. The summed E-state index contributed by atoms with van der Waals surface area (Å²) >= 11 is 0. The number of nitrogens with one attached hydrogen (secondary N) is 1. The molecule has 0 fully saturated rings. The zero-order chi connectivity index (χ0) is 25.6. The van der Waals surface area contributed by atoms with E-state index in [1.54, 1.807) is 18.3 Å². The van der Waals surface area contributed by atoms with Gasteiger partial charge in [-0.1, -0.05) is 12.1 Å². The molecule has 0 radical (unpaired) electrons. The van der Waals surface area contributed by atoms with Crippen LogP contribution in [-0.2, 0) is 30.4 Å². The summed E-state index contributed by atoms with van der Waals surface area (Å²) in [6.07, 6.45) is 3.62. The normalized spacial score (nSPS) is 16.9. The zero-order valence-corrected chi connectivity index (χ0v) is 20.5. The van der Waals surface area contributed by atoms with Gasteiger partial charge in [-0.25, -0.2) is 4.98 Å². The summed E-state index contributed by atoms with van der Waals surface area (Å²) in [6.45, 7) is 2.86. The van der Waals surface area contributed by atoms with E-state index in [1.807, 2.05) is 61.2 Å². The van der Waals surface area contributed by atoms with Gasteiger partial charge in [0.25, 0.3) is 5.91 Å². The minimum absolute atomic E-state index is 0.219. The number of aryl methyl sites for hydroxylation is 1. The van der Waals surface area contributed by atoms with Gasteiger partial charge in [-0.15, -0.1) is 0 Å². The van der Waals surface area contributed by atoms with Crippen LogP contribution in [0.5, 0.6) is 0 Å². The topological polar surface area (TPSA) is 106 Å². The molecule has 1 amide bonds. The molecule has 1 N–H and O–H groups in total. The number of carbonyl (C=O) groups is 1. The molecule has 0 unspecified atom stereocenters. The van der Waals surface area contributed by atoms with Gasteiger partial charge < -0.3 is 10.1 Å². The van der Waals surface area contributed by atoms with Gasteiger partial charge in [-0.2, -0.15) is 10.4 Å². The molecule has 0 saturated carbocycles. The van der Waals surface area contributed by atoms with E-state index >= 15 is 0 Å². The van der Waals surface area contributed by atoms with E-state index in [4.69, 9.17) is 9.72 Å². The molecule has 5 aromatic rings. The molecule has 1 aliphatic rings. The van der Waals surface area contributed by atoms with Gasteiger partial charge in [0.1, 0.15) is 5.41 Å². The number of hydrogen-bond acceptors (Lipinski definition) is 6. The standard InChI is InChI=1S/C29H24N6O2/c1-29(16-30)17-37-15-21-4-3-19(10-24(21)29)28(36)32-14-23-11-26-20(12-31-23)5-7-25(34-26)18-6-8-27-22(9-18)13-33-35(27)2/h3-13H,14-15,17H2,1-2H3,(H,32,36)/t29-/m1/s1. The van der Waals surface area contributed by atoms with Crippen molar-refractivity contribution in [3.05, 3.63) is 89.4 Å². The number of nitrogens with zero attached hydrogens (tertiary/aromatic N) is 5. The predicted molar refractivity (Wildman–Crippen MR) is 139 cm³/mol. The van der Waals surface area contributed by atoms with Crippen LogP contribution in [0.3, 0.4) is 0 Å². The molecule has 4 heterocycles. The summed E-state index contributed by atoms with van der Waals surface area (Å²) in [5, 5.41) is 18.9. The van der Waals surface area contributed by atoms with Crippen molar-refractivity contribution in [1.29, 1.82) is 5.26 Å². The number of fused-ring (bicyclic) bond motifs is 3. The lowest BCUT2D eigenvalue weighted by Gasteiger charge is -2.30. The second-order valence-electron chi connectivity index (χ2n) is 9.60. The van der Waals surface area contributed by atoms with Crippen LogP contribution in [0.25, 0.3) is 33.1 Å². The number of carbonyl (C=O) groups excluding carboxylic acids is 1. The zero-order valence-electron chi connectivity index (χ0n) is 20.5. The van der Waals surface area contributed by atoms with Crippen molar-refractivity contribution in [2.24, 2.45) is 7.05 Å². The molecular formula is C29H24N6O2. The first-order valence-corrected chi connectivity index (χ1v) is 12.0. The average molecular weight is 489 g/mol. The highest BCUT2D eigenvalue weighted by atomic mass is 16.5. The second-order valence-corrected chi connectivity index (χ2v) is 9.60. The van der Waals surface area contributed by atoms with Crippen molar-refractivity contribution in [2.75, 3.05) is 6.61 Å². The first-order chi connectivity index (χ1) is 17.9. The molecule has 8 nitrogen and oxygen atoms in total. The van der Waals surface area contributed by atoms with Crippen molar-refractivity contribution in [3.63, 3.8) is 0 Å². The molecule has 182 valence electrons. The van der Waals surface area contributed by atoms with Crippen LogP contribution in [0.15, 0.2) is 67.0 Å². The number of amides is 1. The summed E-state index contributed by atoms with van der Waals surface area (Å²) < 4.78 is 7.41. The molecule has 0 spiro atoms. The van der Waals surface area contributed by atoms with Crippen LogP contribution in [0.1, 0.15) is 34.1 Å². The third-order valence-corrected chi connectivity index (χ3v) is 6.96. The largest absolute Gasteiger partial charge is 0.375 e. The molecule has 0 bridgehead atoms. The lowest BCUT2D eigenvalue weighted by atomic mass is 9.79. The molecule has 3 aromatic heterocycles. The highest BCUT2D eigenvalue weighted by Gasteiger charge is 2.33. The van der Waals surface area contributed by atoms with Gasteiger partial charge in [-0.05, 0) is 60.5 Å². The first kappa shape index (κ1) is 22.8. The highest BCUT2D eigenvalue weighted by molar-refractivity contribution is 5.94. The van der Waals surface area contributed by atoms with Crippen LogP contribution >= 0.6 is 0 Å². The molecule has 8 heteroatoms. The summed E-state index contributed by atoms with van der Waals surface area (Å²) in [5.74, 6) is -0.219. The quantitative estimate of drug-likeness (QED) is 0.401. The molecule has 1 atom stereocenters. The average Bonchev–Trinajstić information content (AvgIpc) is 3.31. The highest BCUT2D eigenvalue weighted by Crippen LogP contribution is 2.32. The Morgan fingerprint density at radius 3 is 2.89 bits per heavy atom. The van der Waals surface area contributed by atoms with E-state index in [2.05, 4.69) is 27.5 Å². The van der Waals surface area contributed by atoms with Crippen molar-refractivity contribution in [1.82, 2.24) is 25.1 Å². The van der Waals surface area contributed by atoms with Gasteiger partial charge in [0.05, 0.1) is 54.4 Å². The van der Waals surface area contributed by atoms with Crippen molar-refractivity contribution in [3.8, 4) is 17.3 Å². The van der Waals surface area contributed by atoms with Crippen molar-refractivity contribution >= 4 is 27.7 Å². The van der Waals surface area contributed by atoms with Gasteiger partial charge >= 0.3 is 0 Å². The fraction of sp³-hybridized carbons (Fsp3) is 0.207. The smallest absolute Gasteiger partial charge is 0.251 e. The number of nitriles is 1. The third-order valence-electron chi connectivity index (χ3n) is 6.96. The summed E-state index contributed by atoms with van der Waals surface area (Å²) in [6, 6.07) is 19.8. The van der Waals surface area contributed by atoms with Gasteiger partial charge in [0.15, 0.2) is 0 Å².